The van der Waals surface area contributed by atoms with E-state index in [0.717, 1.165) is 11.3 Å². The number of thiazole rings is 1. The third-order valence-electron chi connectivity index (χ3n) is 4.79. The molecule has 0 fully saturated rings. The topological polar surface area (TPSA) is 77.7 Å². The molecule has 0 spiro atoms. The molecule has 1 amide bonds. The third-order valence-corrected chi connectivity index (χ3v) is 5.84. The summed E-state index contributed by atoms with van der Waals surface area (Å²) in [6, 6.07) is 19.5. The van der Waals surface area contributed by atoms with Crippen LogP contribution in [0.1, 0.15) is 26.3 Å². The average Bonchev–Trinajstić information content (AvgIpc) is 3.17. The van der Waals surface area contributed by atoms with Crippen molar-refractivity contribution in [1.82, 2.24) is 4.57 Å². The van der Waals surface area contributed by atoms with E-state index in [-0.39, 0.29) is 28.2 Å². The molecule has 32 heavy (non-hydrogen) atoms. The molecule has 8 heteroatoms. The first-order valence-corrected chi connectivity index (χ1v) is 10.4. The molecule has 160 valence electrons. The number of ketones is 1. The Morgan fingerprint density at radius 2 is 1.56 bits per heavy atom. The number of benzene rings is 3. The number of methoxy groups -OCH3 is 1. The number of hydrogen-bond donors (Lipinski definition) is 0. The molecule has 0 aliphatic rings. The van der Waals surface area contributed by atoms with Crippen molar-refractivity contribution in [2.24, 2.45) is 4.99 Å². The zero-order valence-corrected chi connectivity index (χ0v) is 17.8. The molecule has 1 heterocycles. The average molecular weight is 448 g/mol. The number of aromatic nitrogens is 1. The molecule has 0 saturated carbocycles. The number of fused-ring (bicyclic) bond motifs is 1. The number of amides is 1. The SMILES string of the molecule is COC(=O)Cn1c(=NC(=O)c2ccc(C(=O)c3ccccc3)cc2)sc2cccc(F)c21. The molecule has 0 aliphatic carbocycles. The van der Waals surface area contributed by atoms with Gasteiger partial charge in [-0.1, -0.05) is 59.9 Å². The molecule has 4 aromatic rings. The van der Waals surface area contributed by atoms with Crippen LogP contribution in [0.5, 0.6) is 0 Å². The lowest BCUT2D eigenvalue weighted by Gasteiger charge is -2.04. The summed E-state index contributed by atoms with van der Waals surface area (Å²) < 4.78 is 21.0. The van der Waals surface area contributed by atoms with Crippen molar-refractivity contribution < 1.29 is 23.5 Å². The van der Waals surface area contributed by atoms with Gasteiger partial charge < -0.3 is 9.30 Å². The summed E-state index contributed by atoms with van der Waals surface area (Å²) in [4.78, 5) is 41.4. The number of halogens is 1. The summed E-state index contributed by atoms with van der Waals surface area (Å²) in [6.45, 7) is -0.284. The zero-order valence-electron chi connectivity index (χ0n) is 16.9. The Hall–Kier alpha value is -3.91. The van der Waals surface area contributed by atoms with Crippen LogP contribution in [0.4, 0.5) is 4.39 Å². The lowest BCUT2D eigenvalue weighted by molar-refractivity contribution is -0.141. The summed E-state index contributed by atoms with van der Waals surface area (Å²) in [6.07, 6.45) is 0. The standard InChI is InChI=1S/C24H17FN2O4S/c1-31-20(28)14-27-21-18(25)8-5-9-19(21)32-24(27)26-23(30)17-12-10-16(11-13-17)22(29)15-6-3-2-4-7-15/h2-13H,14H2,1H3. The Kier molecular flexibility index (Phi) is 6.04. The van der Waals surface area contributed by atoms with Gasteiger partial charge in [-0.25, -0.2) is 4.39 Å². The van der Waals surface area contributed by atoms with Gasteiger partial charge in [-0.15, -0.1) is 0 Å². The molecule has 0 aliphatic heterocycles. The highest BCUT2D eigenvalue weighted by Crippen LogP contribution is 2.21. The minimum absolute atomic E-state index is 0.155. The number of rotatable bonds is 5. The second kappa shape index (κ2) is 9.07. The predicted molar refractivity (Wildman–Crippen MR) is 118 cm³/mol. The molecule has 0 saturated heterocycles. The number of hydrogen-bond acceptors (Lipinski definition) is 5. The maximum atomic E-state index is 14.4. The highest BCUT2D eigenvalue weighted by molar-refractivity contribution is 7.16. The summed E-state index contributed by atoms with van der Waals surface area (Å²) in [5.74, 6) is -1.85. The fourth-order valence-electron chi connectivity index (χ4n) is 3.18. The molecule has 6 nitrogen and oxygen atoms in total. The van der Waals surface area contributed by atoms with Crippen LogP contribution in [0.15, 0.2) is 77.8 Å². The molecule has 0 atom stereocenters. The van der Waals surface area contributed by atoms with Crippen molar-refractivity contribution in [1.29, 1.82) is 0 Å². The molecule has 4 rings (SSSR count). The van der Waals surface area contributed by atoms with E-state index in [1.165, 1.54) is 29.9 Å². The van der Waals surface area contributed by atoms with Crippen LogP contribution in [0.3, 0.4) is 0 Å². The number of para-hydroxylation sites is 1. The van der Waals surface area contributed by atoms with E-state index in [1.807, 2.05) is 6.07 Å². The smallest absolute Gasteiger partial charge is 0.325 e. The number of carbonyl (C=O) groups is 3. The fourth-order valence-corrected chi connectivity index (χ4v) is 4.23. The first-order chi connectivity index (χ1) is 15.5. The highest BCUT2D eigenvalue weighted by atomic mass is 32.1. The van der Waals surface area contributed by atoms with Crippen LogP contribution in [-0.2, 0) is 16.1 Å². The Labute approximate surface area is 186 Å². The van der Waals surface area contributed by atoms with Crippen molar-refractivity contribution in [2.75, 3.05) is 7.11 Å². The largest absolute Gasteiger partial charge is 0.468 e. The van der Waals surface area contributed by atoms with Crippen LogP contribution in [0.2, 0.25) is 0 Å². The van der Waals surface area contributed by atoms with Gasteiger partial charge in [0.05, 0.1) is 17.3 Å². The quantitative estimate of drug-likeness (QED) is 0.342. The van der Waals surface area contributed by atoms with Gasteiger partial charge in [0.2, 0.25) is 0 Å². The molecule has 0 bridgehead atoms. The maximum absolute atomic E-state index is 14.4. The van der Waals surface area contributed by atoms with Gasteiger partial charge in [0, 0.05) is 16.7 Å². The van der Waals surface area contributed by atoms with Gasteiger partial charge in [-0.3, -0.25) is 14.4 Å². The summed E-state index contributed by atoms with van der Waals surface area (Å²) in [5.41, 5.74) is 1.43. The lowest BCUT2D eigenvalue weighted by Crippen LogP contribution is -2.22. The highest BCUT2D eigenvalue weighted by Gasteiger charge is 2.16. The lowest BCUT2D eigenvalue weighted by atomic mass is 10.0. The minimum Gasteiger partial charge on any atom is -0.468 e. The van der Waals surface area contributed by atoms with Crippen molar-refractivity contribution in [3.63, 3.8) is 0 Å². The van der Waals surface area contributed by atoms with E-state index < -0.39 is 17.7 Å². The molecular weight excluding hydrogens is 431 g/mol. The van der Waals surface area contributed by atoms with E-state index in [0.29, 0.717) is 15.8 Å². The second-order valence-electron chi connectivity index (χ2n) is 6.82. The van der Waals surface area contributed by atoms with Crippen LogP contribution >= 0.6 is 11.3 Å². The van der Waals surface area contributed by atoms with Crippen LogP contribution < -0.4 is 4.80 Å². The Bertz CT molecular complexity index is 1390. The van der Waals surface area contributed by atoms with Crippen LogP contribution in [0.25, 0.3) is 10.2 Å². The van der Waals surface area contributed by atoms with E-state index in [1.54, 1.807) is 48.5 Å². The van der Waals surface area contributed by atoms with Gasteiger partial charge in [0.15, 0.2) is 10.6 Å². The van der Waals surface area contributed by atoms with Gasteiger partial charge >= 0.3 is 5.97 Å². The summed E-state index contributed by atoms with van der Waals surface area (Å²) in [5, 5.41) is 0. The first-order valence-electron chi connectivity index (χ1n) is 9.61. The van der Waals surface area contributed by atoms with E-state index in [9.17, 15) is 18.8 Å². The van der Waals surface area contributed by atoms with E-state index in [2.05, 4.69) is 4.99 Å². The zero-order chi connectivity index (χ0) is 22.7. The Balaban J connectivity index is 1.69. The third kappa shape index (κ3) is 4.26. The summed E-state index contributed by atoms with van der Waals surface area (Å²) >= 11 is 1.09. The van der Waals surface area contributed by atoms with Crippen molar-refractivity contribution >= 4 is 39.2 Å². The molecule has 0 N–H and O–H groups in total. The van der Waals surface area contributed by atoms with Crippen LogP contribution in [0, 0.1) is 5.82 Å². The molecule has 1 aromatic heterocycles. The predicted octanol–water partition coefficient (Wildman–Crippen LogP) is 3.99. The number of esters is 1. The first kappa shape index (κ1) is 21.3. The second-order valence-corrected chi connectivity index (χ2v) is 7.83. The summed E-state index contributed by atoms with van der Waals surface area (Å²) in [7, 11) is 1.23. The Morgan fingerprint density at radius 3 is 2.25 bits per heavy atom. The van der Waals surface area contributed by atoms with E-state index >= 15 is 0 Å². The van der Waals surface area contributed by atoms with Gasteiger partial charge in [-0.2, -0.15) is 4.99 Å². The number of carbonyl (C=O) groups excluding carboxylic acids is 3. The molecule has 0 unspecified atom stereocenters. The van der Waals surface area contributed by atoms with Gasteiger partial charge in [0.25, 0.3) is 5.91 Å². The number of nitrogens with zero attached hydrogens (tertiary/aromatic N) is 2. The van der Waals surface area contributed by atoms with Gasteiger partial charge in [-0.05, 0) is 24.3 Å². The molecule has 3 aromatic carbocycles. The monoisotopic (exact) mass is 448 g/mol. The maximum Gasteiger partial charge on any atom is 0.325 e. The minimum atomic E-state index is -0.592. The van der Waals surface area contributed by atoms with Crippen molar-refractivity contribution in [3.05, 3.63) is 100 Å². The number of ether oxygens (including phenoxy) is 1. The Morgan fingerprint density at radius 1 is 0.906 bits per heavy atom. The van der Waals surface area contributed by atoms with Crippen molar-refractivity contribution in [2.45, 2.75) is 6.54 Å². The molecular formula is C24H17FN2O4S. The van der Waals surface area contributed by atoms with Crippen molar-refractivity contribution in [3.8, 4) is 0 Å². The van der Waals surface area contributed by atoms with Crippen LogP contribution in [-0.4, -0.2) is 29.3 Å². The normalized spacial score (nSPS) is 11.5. The van der Waals surface area contributed by atoms with E-state index in [4.69, 9.17) is 4.74 Å². The molecule has 0 radical (unpaired) electrons. The van der Waals surface area contributed by atoms with Gasteiger partial charge in [0.1, 0.15) is 12.4 Å². The fraction of sp³-hybridized carbons (Fsp3) is 0.0833.